The van der Waals surface area contributed by atoms with Gasteiger partial charge in [-0.05, 0) is 42.8 Å². The number of aromatic nitrogens is 3. The summed E-state index contributed by atoms with van der Waals surface area (Å²) in [5.41, 5.74) is 3.86. The molecular weight excluding hydrogens is 374 g/mol. The fraction of sp³-hybridized carbons (Fsp3) is 0.125. The lowest BCUT2D eigenvalue weighted by Crippen LogP contribution is -2.06. The molecule has 150 valence electrons. The van der Waals surface area contributed by atoms with Crippen LogP contribution in [0.1, 0.15) is 12.5 Å². The third-order valence-corrected chi connectivity index (χ3v) is 4.41. The Morgan fingerprint density at radius 3 is 2.47 bits per heavy atom. The molecule has 0 aliphatic carbocycles. The van der Waals surface area contributed by atoms with Crippen molar-refractivity contribution < 1.29 is 4.74 Å². The van der Waals surface area contributed by atoms with Gasteiger partial charge < -0.3 is 15.4 Å². The first-order chi connectivity index (χ1) is 14.8. The number of nitrogens with one attached hydrogen (secondary N) is 2. The van der Waals surface area contributed by atoms with Crippen molar-refractivity contribution in [3.8, 4) is 17.0 Å². The molecule has 0 amide bonds. The maximum atomic E-state index is 5.51. The van der Waals surface area contributed by atoms with Crippen molar-refractivity contribution in [2.75, 3.05) is 17.2 Å². The number of ether oxygens (including phenoxy) is 1. The molecule has 4 rings (SSSR count). The molecule has 0 saturated heterocycles. The second-order valence-corrected chi connectivity index (χ2v) is 6.63. The van der Waals surface area contributed by atoms with Crippen molar-refractivity contribution in [1.29, 1.82) is 0 Å². The summed E-state index contributed by atoms with van der Waals surface area (Å²) in [6, 6.07) is 23.8. The summed E-state index contributed by atoms with van der Waals surface area (Å²) < 4.78 is 5.51. The van der Waals surface area contributed by atoms with Crippen molar-refractivity contribution >= 4 is 17.5 Å². The second kappa shape index (κ2) is 9.52. The van der Waals surface area contributed by atoms with Crippen LogP contribution in [-0.4, -0.2) is 21.6 Å². The summed E-state index contributed by atoms with van der Waals surface area (Å²) in [5, 5.41) is 6.66. The minimum Gasteiger partial charge on any atom is -0.494 e. The molecule has 0 spiro atoms. The van der Waals surface area contributed by atoms with Gasteiger partial charge in [0.2, 0.25) is 5.95 Å². The van der Waals surface area contributed by atoms with E-state index in [1.807, 2.05) is 85.9 Å². The minimum absolute atomic E-state index is 0.550. The Morgan fingerprint density at radius 1 is 0.900 bits per heavy atom. The van der Waals surface area contributed by atoms with Crippen LogP contribution >= 0.6 is 0 Å². The standard InChI is InChI=1S/C24H23N5O/c1-2-30-21-12-10-20(11-13-21)27-23-15-22(19-8-4-3-5-9-19)28-24(29-23)26-17-18-7-6-14-25-16-18/h3-16H,2,17H2,1H3,(H2,26,27,28,29). The van der Waals surface area contributed by atoms with E-state index < -0.39 is 0 Å². The summed E-state index contributed by atoms with van der Waals surface area (Å²) in [5.74, 6) is 2.10. The van der Waals surface area contributed by atoms with Crippen molar-refractivity contribution in [2.45, 2.75) is 13.5 Å². The third kappa shape index (κ3) is 5.11. The van der Waals surface area contributed by atoms with E-state index >= 15 is 0 Å². The predicted molar refractivity (Wildman–Crippen MR) is 120 cm³/mol. The van der Waals surface area contributed by atoms with Gasteiger partial charge in [-0.1, -0.05) is 36.4 Å². The van der Waals surface area contributed by atoms with Crippen molar-refractivity contribution in [3.05, 3.63) is 90.8 Å². The molecule has 0 aliphatic rings. The Morgan fingerprint density at radius 2 is 1.73 bits per heavy atom. The second-order valence-electron chi connectivity index (χ2n) is 6.63. The van der Waals surface area contributed by atoms with Crippen molar-refractivity contribution in [3.63, 3.8) is 0 Å². The average molecular weight is 397 g/mol. The molecule has 2 aromatic carbocycles. The van der Waals surface area contributed by atoms with E-state index in [1.54, 1.807) is 6.20 Å². The number of rotatable bonds is 8. The molecule has 0 radical (unpaired) electrons. The summed E-state index contributed by atoms with van der Waals surface area (Å²) >= 11 is 0. The van der Waals surface area contributed by atoms with Crippen LogP contribution in [0.4, 0.5) is 17.5 Å². The first kappa shape index (κ1) is 19.4. The Balaban J connectivity index is 1.59. The zero-order valence-electron chi connectivity index (χ0n) is 16.7. The van der Waals surface area contributed by atoms with Gasteiger partial charge in [0.1, 0.15) is 11.6 Å². The number of nitrogens with zero attached hydrogens (tertiary/aromatic N) is 3. The summed E-state index contributed by atoms with van der Waals surface area (Å²) in [7, 11) is 0. The van der Waals surface area contributed by atoms with E-state index in [-0.39, 0.29) is 0 Å². The number of hydrogen-bond donors (Lipinski definition) is 2. The topological polar surface area (TPSA) is 72.0 Å². The third-order valence-electron chi connectivity index (χ3n) is 4.41. The summed E-state index contributed by atoms with van der Waals surface area (Å²) in [6.45, 7) is 3.21. The lowest BCUT2D eigenvalue weighted by molar-refractivity contribution is 0.340. The van der Waals surface area contributed by atoms with Crippen LogP contribution in [0.5, 0.6) is 5.75 Å². The maximum absolute atomic E-state index is 5.51. The number of pyridine rings is 1. The van der Waals surface area contributed by atoms with Gasteiger partial charge in [0, 0.05) is 36.3 Å². The van der Waals surface area contributed by atoms with Gasteiger partial charge in [-0.3, -0.25) is 4.98 Å². The molecule has 0 aliphatic heterocycles. The molecule has 0 unspecified atom stereocenters. The predicted octanol–water partition coefficient (Wildman–Crippen LogP) is 5.29. The van der Waals surface area contributed by atoms with Crippen LogP contribution in [0, 0.1) is 0 Å². The van der Waals surface area contributed by atoms with Gasteiger partial charge in [-0.2, -0.15) is 4.98 Å². The van der Waals surface area contributed by atoms with Gasteiger partial charge >= 0.3 is 0 Å². The van der Waals surface area contributed by atoms with E-state index in [4.69, 9.17) is 9.72 Å². The van der Waals surface area contributed by atoms with Crippen LogP contribution in [-0.2, 0) is 6.54 Å². The smallest absolute Gasteiger partial charge is 0.225 e. The van der Waals surface area contributed by atoms with E-state index in [2.05, 4.69) is 20.6 Å². The largest absolute Gasteiger partial charge is 0.494 e. The van der Waals surface area contributed by atoms with Crippen LogP contribution in [0.2, 0.25) is 0 Å². The van der Waals surface area contributed by atoms with E-state index in [0.29, 0.717) is 24.9 Å². The molecule has 4 aromatic rings. The molecule has 0 fully saturated rings. The minimum atomic E-state index is 0.550. The highest BCUT2D eigenvalue weighted by molar-refractivity contribution is 5.67. The van der Waals surface area contributed by atoms with Crippen molar-refractivity contribution in [1.82, 2.24) is 15.0 Å². The Bertz CT molecular complexity index is 1070. The van der Waals surface area contributed by atoms with Gasteiger partial charge in [0.05, 0.1) is 12.3 Å². The normalized spacial score (nSPS) is 10.4. The van der Waals surface area contributed by atoms with Crippen LogP contribution in [0.25, 0.3) is 11.3 Å². The Labute approximate surface area is 176 Å². The number of anilines is 3. The monoisotopic (exact) mass is 397 g/mol. The van der Waals surface area contributed by atoms with E-state index in [9.17, 15) is 0 Å². The van der Waals surface area contributed by atoms with Gasteiger partial charge in [-0.15, -0.1) is 0 Å². The zero-order valence-corrected chi connectivity index (χ0v) is 16.7. The van der Waals surface area contributed by atoms with E-state index in [0.717, 1.165) is 28.3 Å². The van der Waals surface area contributed by atoms with Crippen LogP contribution < -0.4 is 15.4 Å². The Kier molecular flexibility index (Phi) is 6.15. The highest BCUT2D eigenvalue weighted by Gasteiger charge is 2.08. The Hall–Kier alpha value is -3.93. The quantitative estimate of drug-likeness (QED) is 0.421. The highest BCUT2D eigenvalue weighted by Crippen LogP contribution is 2.25. The van der Waals surface area contributed by atoms with Crippen molar-refractivity contribution in [2.24, 2.45) is 0 Å². The van der Waals surface area contributed by atoms with Crippen LogP contribution in [0.15, 0.2) is 85.2 Å². The first-order valence-corrected chi connectivity index (χ1v) is 9.87. The molecule has 2 aromatic heterocycles. The molecule has 6 nitrogen and oxygen atoms in total. The average Bonchev–Trinajstić information content (AvgIpc) is 2.80. The fourth-order valence-corrected chi connectivity index (χ4v) is 2.98. The van der Waals surface area contributed by atoms with Gasteiger partial charge in [0.15, 0.2) is 0 Å². The van der Waals surface area contributed by atoms with Crippen LogP contribution in [0.3, 0.4) is 0 Å². The molecule has 0 atom stereocenters. The van der Waals surface area contributed by atoms with Gasteiger partial charge in [0.25, 0.3) is 0 Å². The number of hydrogen-bond acceptors (Lipinski definition) is 6. The summed E-state index contributed by atoms with van der Waals surface area (Å²) in [4.78, 5) is 13.5. The molecular formula is C24H23N5O. The molecule has 2 heterocycles. The zero-order chi connectivity index (χ0) is 20.6. The lowest BCUT2D eigenvalue weighted by Gasteiger charge is -2.12. The molecule has 0 bridgehead atoms. The lowest BCUT2D eigenvalue weighted by atomic mass is 10.1. The maximum Gasteiger partial charge on any atom is 0.225 e. The highest BCUT2D eigenvalue weighted by atomic mass is 16.5. The van der Waals surface area contributed by atoms with E-state index in [1.165, 1.54) is 0 Å². The molecule has 30 heavy (non-hydrogen) atoms. The molecule has 6 heteroatoms. The van der Waals surface area contributed by atoms with Gasteiger partial charge in [-0.25, -0.2) is 4.98 Å². The molecule has 0 saturated carbocycles. The SMILES string of the molecule is CCOc1ccc(Nc2cc(-c3ccccc3)nc(NCc3cccnc3)n2)cc1. The summed E-state index contributed by atoms with van der Waals surface area (Å²) in [6.07, 6.45) is 3.59. The number of benzene rings is 2. The first-order valence-electron chi connectivity index (χ1n) is 9.87. The fourth-order valence-electron chi connectivity index (χ4n) is 2.98. The molecule has 2 N–H and O–H groups in total.